The molecule has 4 fully saturated rings. The highest BCUT2D eigenvalue weighted by molar-refractivity contribution is 5.81. The fourth-order valence-corrected chi connectivity index (χ4v) is 4.78. The SMILES string of the molecule is O=C(O)c1nnc(C2C3CC4CC(C3)CC2C4)o1. The first-order valence-corrected chi connectivity index (χ1v) is 6.77. The summed E-state index contributed by atoms with van der Waals surface area (Å²) in [6.45, 7) is 0. The molecule has 0 aliphatic heterocycles. The van der Waals surface area contributed by atoms with Crippen LogP contribution in [0.25, 0.3) is 0 Å². The highest BCUT2D eigenvalue weighted by atomic mass is 16.4. The van der Waals surface area contributed by atoms with E-state index in [9.17, 15) is 4.79 Å². The van der Waals surface area contributed by atoms with Crippen molar-refractivity contribution in [1.29, 1.82) is 0 Å². The Labute approximate surface area is 105 Å². The predicted octanol–water partition coefficient (Wildman–Crippen LogP) is 2.31. The average Bonchev–Trinajstić information content (AvgIpc) is 2.77. The third-order valence-corrected chi connectivity index (χ3v) is 5.14. The standard InChI is InChI=1S/C13H16N2O3/c16-13(17)12-15-14-11(18-12)10-8-2-6-1-7(4-8)5-9(10)3-6/h6-10H,1-5H2,(H,16,17). The summed E-state index contributed by atoms with van der Waals surface area (Å²) in [7, 11) is 0. The molecule has 4 aliphatic carbocycles. The molecule has 0 saturated heterocycles. The van der Waals surface area contributed by atoms with E-state index >= 15 is 0 Å². The summed E-state index contributed by atoms with van der Waals surface area (Å²) in [4.78, 5) is 10.8. The van der Waals surface area contributed by atoms with Crippen LogP contribution in [0.4, 0.5) is 0 Å². The van der Waals surface area contributed by atoms with Gasteiger partial charge in [0.15, 0.2) is 0 Å². The smallest absolute Gasteiger partial charge is 0.393 e. The first kappa shape index (κ1) is 10.5. The molecule has 4 bridgehead atoms. The average molecular weight is 248 g/mol. The first-order chi connectivity index (χ1) is 8.70. The summed E-state index contributed by atoms with van der Waals surface area (Å²) in [6.07, 6.45) is 6.47. The van der Waals surface area contributed by atoms with Gasteiger partial charge in [-0.05, 0) is 55.8 Å². The number of rotatable bonds is 2. The third-order valence-electron chi connectivity index (χ3n) is 5.14. The van der Waals surface area contributed by atoms with Crippen LogP contribution >= 0.6 is 0 Å². The number of nitrogens with zero attached hydrogens (tertiary/aromatic N) is 2. The Morgan fingerprint density at radius 3 is 2.17 bits per heavy atom. The maximum atomic E-state index is 10.8. The minimum Gasteiger partial charge on any atom is -0.474 e. The molecule has 4 saturated carbocycles. The van der Waals surface area contributed by atoms with Crippen LogP contribution in [0.1, 0.15) is 54.6 Å². The number of hydrogen-bond donors (Lipinski definition) is 1. The molecule has 18 heavy (non-hydrogen) atoms. The van der Waals surface area contributed by atoms with Crippen molar-refractivity contribution in [2.24, 2.45) is 23.7 Å². The molecule has 1 aromatic heterocycles. The molecule has 5 nitrogen and oxygen atoms in total. The van der Waals surface area contributed by atoms with Crippen molar-refractivity contribution in [3.05, 3.63) is 11.8 Å². The lowest BCUT2D eigenvalue weighted by atomic mass is 9.52. The Bertz CT molecular complexity index is 468. The molecule has 5 heteroatoms. The molecule has 5 rings (SSSR count). The lowest BCUT2D eigenvalue weighted by Gasteiger charge is -2.53. The van der Waals surface area contributed by atoms with Crippen molar-refractivity contribution in [3.8, 4) is 0 Å². The minimum absolute atomic E-state index is 0.265. The maximum absolute atomic E-state index is 10.8. The van der Waals surface area contributed by atoms with E-state index in [0.717, 1.165) is 11.8 Å². The van der Waals surface area contributed by atoms with E-state index < -0.39 is 5.97 Å². The topological polar surface area (TPSA) is 76.2 Å². The molecule has 0 aromatic carbocycles. The first-order valence-electron chi connectivity index (χ1n) is 6.77. The summed E-state index contributed by atoms with van der Waals surface area (Å²) in [6, 6.07) is 0. The second kappa shape index (κ2) is 3.56. The van der Waals surface area contributed by atoms with Gasteiger partial charge in [-0.15, -0.1) is 10.2 Å². The van der Waals surface area contributed by atoms with Crippen molar-refractivity contribution in [1.82, 2.24) is 10.2 Å². The molecule has 0 atom stereocenters. The number of carboxylic acid groups (broad SMARTS) is 1. The Balaban J connectivity index is 1.66. The summed E-state index contributed by atoms with van der Waals surface area (Å²) < 4.78 is 5.35. The van der Waals surface area contributed by atoms with Crippen LogP contribution in [0, 0.1) is 23.7 Å². The zero-order valence-corrected chi connectivity index (χ0v) is 10.1. The second-order valence-electron chi connectivity index (χ2n) is 6.21. The molecular weight excluding hydrogens is 232 g/mol. The van der Waals surface area contributed by atoms with E-state index in [1.807, 2.05) is 0 Å². The van der Waals surface area contributed by atoms with Gasteiger partial charge in [0.25, 0.3) is 0 Å². The highest BCUT2D eigenvalue weighted by Gasteiger charge is 2.50. The summed E-state index contributed by atoms with van der Waals surface area (Å²) in [5.74, 6) is 2.57. The van der Waals surface area contributed by atoms with E-state index in [-0.39, 0.29) is 5.89 Å². The molecular formula is C13H16N2O3. The van der Waals surface area contributed by atoms with Gasteiger partial charge in [-0.25, -0.2) is 4.79 Å². The third kappa shape index (κ3) is 1.42. The molecule has 1 aromatic rings. The van der Waals surface area contributed by atoms with Gasteiger partial charge in [-0.2, -0.15) is 0 Å². The van der Waals surface area contributed by atoms with Crippen molar-refractivity contribution >= 4 is 5.97 Å². The van der Waals surface area contributed by atoms with Crippen LogP contribution in [0.5, 0.6) is 0 Å². The predicted molar refractivity (Wildman–Crippen MR) is 61.0 cm³/mol. The maximum Gasteiger partial charge on any atom is 0.393 e. The van der Waals surface area contributed by atoms with Gasteiger partial charge in [0.2, 0.25) is 5.89 Å². The largest absolute Gasteiger partial charge is 0.474 e. The van der Waals surface area contributed by atoms with Crippen molar-refractivity contribution in [3.63, 3.8) is 0 Å². The summed E-state index contributed by atoms with van der Waals surface area (Å²) in [5.41, 5.74) is 0. The minimum atomic E-state index is -1.13. The lowest BCUT2D eigenvalue weighted by molar-refractivity contribution is -0.0119. The van der Waals surface area contributed by atoms with E-state index in [1.165, 1.54) is 32.1 Å². The normalized spacial score (nSPS) is 41.2. The van der Waals surface area contributed by atoms with Crippen molar-refractivity contribution in [2.45, 2.75) is 38.0 Å². The number of carbonyl (C=O) groups is 1. The quantitative estimate of drug-likeness (QED) is 0.869. The van der Waals surface area contributed by atoms with Crippen LogP contribution in [-0.4, -0.2) is 21.3 Å². The fraction of sp³-hybridized carbons (Fsp3) is 0.769. The van der Waals surface area contributed by atoms with Gasteiger partial charge in [0.1, 0.15) is 0 Å². The fourth-order valence-electron chi connectivity index (χ4n) is 4.78. The van der Waals surface area contributed by atoms with E-state index in [1.54, 1.807) is 0 Å². The molecule has 0 unspecified atom stereocenters. The Morgan fingerprint density at radius 2 is 1.67 bits per heavy atom. The van der Waals surface area contributed by atoms with E-state index in [0.29, 0.717) is 23.6 Å². The number of aromatic carboxylic acids is 1. The lowest BCUT2D eigenvalue weighted by Crippen LogP contribution is -2.43. The number of aromatic nitrogens is 2. The van der Waals surface area contributed by atoms with Gasteiger partial charge in [-0.3, -0.25) is 0 Å². The van der Waals surface area contributed by atoms with Crippen LogP contribution in [0.3, 0.4) is 0 Å². The molecule has 1 N–H and O–H groups in total. The van der Waals surface area contributed by atoms with Gasteiger partial charge < -0.3 is 9.52 Å². The van der Waals surface area contributed by atoms with Crippen LogP contribution in [-0.2, 0) is 0 Å². The summed E-state index contributed by atoms with van der Waals surface area (Å²) in [5, 5.41) is 16.5. The molecule has 4 aliphatic rings. The zero-order valence-electron chi connectivity index (χ0n) is 10.1. The monoisotopic (exact) mass is 248 g/mol. The Morgan fingerprint density at radius 1 is 1.06 bits per heavy atom. The van der Waals surface area contributed by atoms with Crippen molar-refractivity contribution in [2.75, 3.05) is 0 Å². The second-order valence-corrected chi connectivity index (χ2v) is 6.21. The van der Waals surface area contributed by atoms with Gasteiger partial charge in [0, 0.05) is 5.92 Å². The number of hydrogen-bond acceptors (Lipinski definition) is 4. The molecule has 96 valence electrons. The zero-order chi connectivity index (χ0) is 12.3. The summed E-state index contributed by atoms with van der Waals surface area (Å²) >= 11 is 0. The van der Waals surface area contributed by atoms with Gasteiger partial charge in [0.05, 0.1) is 0 Å². The molecule has 0 radical (unpaired) electrons. The van der Waals surface area contributed by atoms with E-state index in [2.05, 4.69) is 10.2 Å². The molecule has 0 amide bonds. The Kier molecular flexibility index (Phi) is 2.08. The highest BCUT2D eigenvalue weighted by Crippen LogP contribution is 2.59. The van der Waals surface area contributed by atoms with Crippen LogP contribution in [0.15, 0.2) is 4.42 Å². The van der Waals surface area contributed by atoms with Crippen molar-refractivity contribution < 1.29 is 14.3 Å². The van der Waals surface area contributed by atoms with Gasteiger partial charge in [-0.1, -0.05) is 0 Å². The number of carboxylic acids is 1. The van der Waals surface area contributed by atoms with Crippen LogP contribution < -0.4 is 0 Å². The van der Waals surface area contributed by atoms with Gasteiger partial charge >= 0.3 is 11.9 Å². The molecule has 0 spiro atoms. The molecule has 1 heterocycles. The van der Waals surface area contributed by atoms with E-state index in [4.69, 9.17) is 9.52 Å². The Hall–Kier alpha value is -1.39. The van der Waals surface area contributed by atoms with Crippen LogP contribution in [0.2, 0.25) is 0 Å².